The van der Waals surface area contributed by atoms with Crippen molar-refractivity contribution in [3.63, 3.8) is 0 Å². The molecule has 1 amide bonds. The number of hydrogen-bond acceptors (Lipinski definition) is 3. The molecule has 25 heavy (non-hydrogen) atoms. The second-order valence-corrected chi connectivity index (χ2v) is 7.66. The second-order valence-electron chi connectivity index (χ2n) is 5.65. The zero-order valence-corrected chi connectivity index (χ0v) is 14.0. The van der Waals surface area contributed by atoms with Crippen LogP contribution in [0.2, 0.25) is 0 Å². The van der Waals surface area contributed by atoms with Crippen LogP contribution in [0.3, 0.4) is 0 Å². The van der Waals surface area contributed by atoms with Gasteiger partial charge in [-0.05, 0) is 30.2 Å². The van der Waals surface area contributed by atoms with Crippen LogP contribution in [0.15, 0.2) is 42.5 Å². The predicted molar refractivity (Wildman–Crippen MR) is 90.0 cm³/mol. The van der Waals surface area contributed by atoms with Crippen molar-refractivity contribution < 1.29 is 22.0 Å². The molecule has 0 saturated carbocycles. The number of fused-ring (bicyclic) bond motifs is 1. The highest BCUT2D eigenvalue weighted by Crippen LogP contribution is 2.29. The third-order valence-corrected chi connectivity index (χ3v) is 5.77. The molecular weight excluding hydrogens is 350 g/mol. The molecule has 8 heteroatoms. The molecule has 1 aliphatic heterocycles. The molecular formula is C17H16F2N2O3S. The van der Waals surface area contributed by atoms with Gasteiger partial charge < -0.3 is 5.32 Å². The Bertz CT molecular complexity index is 916. The minimum atomic E-state index is -3.60. The Labute approximate surface area is 144 Å². The monoisotopic (exact) mass is 366 g/mol. The van der Waals surface area contributed by atoms with Gasteiger partial charge in [0.05, 0.1) is 17.0 Å². The number of benzene rings is 2. The Morgan fingerprint density at radius 1 is 1.16 bits per heavy atom. The van der Waals surface area contributed by atoms with Gasteiger partial charge in [0, 0.05) is 19.2 Å². The second kappa shape index (κ2) is 6.79. The van der Waals surface area contributed by atoms with E-state index in [1.54, 1.807) is 12.1 Å². The molecule has 0 bridgehead atoms. The molecule has 0 aliphatic carbocycles. The van der Waals surface area contributed by atoms with Crippen molar-refractivity contribution >= 4 is 21.6 Å². The van der Waals surface area contributed by atoms with Crippen LogP contribution >= 0.6 is 0 Å². The maximum Gasteiger partial charge on any atom is 0.254 e. The summed E-state index contributed by atoms with van der Waals surface area (Å²) in [5.41, 5.74) is 1.28. The van der Waals surface area contributed by atoms with E-state index in [9.17, 15) is 22.0 Å². The van der Waals surface area contributed by atoms with E-state index in [0.29, 0.717) is 24.7 Å². The number of nitrogens with one attached hydrogen (secondary N) is 1. The molecule has 0 unspecified atom stereocenters. The molecule has 0 aromatic heterocycles. The molecule has 1 N–H and O–H groups in total. The summed E-state index contributed by atoms with van der Waals surface area (Å²) in [5, 5.41) is 2.36. The van der Waals surface area contributed by atoms with Crippen LogP contribution in [0.5, 0.6) is 0 Å². The highest BCUT2D eigenvalue weighted by Gasteiger charge is 2.28. The normalized spacial score (nSPS) is 13.6. The summed E-state index contributed by atoms with van der Waals surface area (Å²) in [6, 6.07) is 9.84. The fraction of sp³-hybridized carbons (Fsp3) is 0.235. The average Bonchev–Trinajstić information content (AvgIpc) is 2.99. The van der Waals surface area contributed by atoms with Crippen LogP contribution in [0.4, 0.5) is 14.5 Å². The van der Waals surface area contributed by atoms with Crippen LogP contribution in [0, 0.1) is 11.6 Å². The van der Waals surface area contributed by atoms with Crippen molar-refractivity contribution in [3.05, 3.63) is 65.2 Å². The van der Waals surface area contributed by atoms with Gasteiger partial charge in [-0.1, -0.05) is 18.2 Å². The summed E-state index contributed by atoms with van der Waals surface area (Å²) < 4.78 is 52.7. The molecule has 5 nitrogen and oxygen atoms in total. The molecule has 1 heterocycles. The first-order valence-electron chi connectivity index (χ1n) is 7.70. The Morgan fingerprint density at radius 2 is 1.92 bits per heavy atom. The molecule has 2 aromatic carbocycles. The summed E-state index contributed by atoms with van der Waals surface area (Å²) in [6.45, 7) is 0.193. The topological polar surface area (TPSA) is 66.5 Å². The number of amides is 1. The zero-order chi connectivity index (χ0) is 18.0. The fourth-order valence-corrected chi connectivity index (χ4v) is 4.20. The number of anilines is 1. The van der Waals surface area contributed by atoms with Crippen LogP contribution in [-0.4, -0.2) is 33.2 Å². The van der Waals surface area contributed by atoms with Crippen LogP contribution in [0.1, 0.15) is 15.9 Å². The smallest absolute Gasteiger partial charge is 0.254 e. The number of halogens is 2. The lowest BCUT2D eigenvalue weighted by Crippen LogP contribution is -2.37. The largest absolute Gasteiger partial charge is 0.351 e. The lowest BCUT2D eigenvalue weighted by Gasteiger charge is -2.19. The maximum atomic E-state index is 13.5. The number of rotatable bonds is 5. The third-order valence-electron chi connectivity index (χ3n) is 4.00. The quantitative estimate of drug-likeness (QED) is 0.881. The van der Waals surface area contributed by atoms with Crippen molar-refractivity contribution in [1.29, 1.82) is 0 Å². The first-order valence-corrected chi connectivity index (χ1v) is 9.31. The highest BCUT2D eigenvalue weighted by atomic mass is 32.2. The number of carbonyl (C=O) groups is 1. The van der Waals surface area contributed by atoms with E-state index in [4.69, 9.17) is 0 Å². The lowest BCUT2D eigenvalue weighted by atomic mass is 10.2. The Morgan fingerprint density at radius 3 is 2.68 bits per heavy atom. The minimum absolute atomic E-state index is 0.170. The van der Waals surface area contributed by atoms with Gasteiger partial charge >= 0.3 is 0 Å². The molecule has 0 saturated heterocycles. The van der Waals surface area contributed by atoms with Crippen molar-refractivity contribution in [3.8, 4) is 0 Å². The van der Waals surface area contributed by atoms with Crippen LogP contribution in [-0.2, 0) is 16.4 Å². The average molecular weight is 366 g/mol. The first kappa shape index (κ1) is 17.3. The summed E-state index contributed by atoms with van der Waals surface area (Å²) in [6.07, 6.45) is 0.641. The van der Waals surface area contributed by atoms with E-state index in [-0.39, 0.29) is 17.9 Å². The van der Waals surface area contributed by atoms with Gasteiger partial charge in [0.25, 0.3) is 5.91 Å². The molecule has 2 aromatic rings. The van der Waals surface area contributed by atoms with Gasteiger partial charge in [-0.3, -0.25) is 9.10 Å². The standard InChI is InChI=1S/C17H16F2N2O3S/c18-13-5-6-14(15(19)11-13)17(22)20-8-10-25(23,24)21-9-7-12-3-1-2-4-16(12)21/h1-6,11H,7-10H2,(H,20,22). The summed E-state index contributed by atoms with van der Waals surface area (Å²) >= 11 is 0. The number of para-hydroxylation sites is 1. The van der Waals surface area contributed by atoms with E-state index in [2.05, 4.69) is 5.32 Å². The van der Waals surface area contributed by atoms with Crippen molar-refractivity contribution in [2.75, 3.05) is 23.1 Å². The minimum Gasteiger partial charge on any atom is -0.351 e. The summed E-state index contributed by atoms with van der Waals surface area (Å²) in [4.78, 5) is 11.9. The zero-order valence-electron chi connectivity index (χ0n) is 13.2. The van der Waals surface area contributed by atoms with Gasteiger partial charge in [-0.25, -0.2) is 17.2 Å². The SMILES string of the molecule is O=C(NCCS(=O)(=O)N1CCc2ccccc21)c1ccc(F)cc1F. The Hall–Kier alpha value is -2.48. The lowest BCUT2D eigenvalue weighted by molar-refractivity contribution is 0.0952. The Balaban J connectivity index is 1.63. The molecule has 0 radical (unpaired) electrons. The van der Waals surface area contributed by atoms with Gasteiger partial charge in [0.15, 0.2) is 0 Å². The van der Waals surface area contributed by atoms with E-state index in [1.807, 2.05) is 12.1 Å². The Kier molecular flexibility index (Phi) is 4.71. The van der Waals surface area contributed by atoms with Gasteiger partial charge in [0.1, 0.15) is 11.6 Å². The number of nitrogens with zero attached hydrogens (tertiary/aromatic N) is 1. The van der Waals surface area contributed by atoms with Crippen LogP contribution < -0.4 is 9.62 Å². The van der Waals surface area contributed by atoms with Gasteiger partial charge in [-0.15, -0.1) is 0 Å². The number of carbonyl (C=O) groups excluding carboxylic acids is 1. The maximum absolute atomic E-state index is 13.5. The summed E-state index contributed by atoms with van der Waals surface area (Å²) in [5.74, 6) is -2.87. The highest BCUT2D eigenvalue weighted by molar-refractivity contribution is 7.92. The number of hydrogen-bond donors (Lipinski definition) is 1. The molecule has 132 valence electrons. The molecule has 0 spiro atoms. The van der Waals surface area contributed by atoms with E-state index < -0.39 is 27.6 Å². The third kappa shape index (κ3) is 3.63. The molecule has 1 aliphatic rings. The van der Waals surface area contributed by atoms with Crippen LogP contribution in [0.25, 0.3) is 0 Å². The first-order chi connectivity index (χ1) is 11.9. The fourth-order valence-electron chi connectivity index (χ4n) is 2.77. The van der Waals surface area contributed by atoms with Crippen molar-refractivity contribution in [2.45, 2.75) is 6.42 Å². The van der Waals surface area contributed by atoms with Gasteiger partial charge in [-0.2, -0.15) is 0 Å². The molecule has 0 atom stereocenters. The number of sulfonamides is 1. The summed E-state index contributed by atoms with van der Waals surface area (Å²) in [7, 11) is -3.60. The van der Waals surface area contributed by atoms with Crippen molar-refractivity contribution in [2.24, 2.45) is 0 Å². The van der Waals surface area contributed by atoms with E-state index >= 15 is 0 Å². The van der Waals surface area contributed by atoms with Gasteiger partial charge in [0.2, 0.25) is 10.0 Å². The van der Waals surface area contributed by atoms with Crippen molar-refractivity contribution in [1.82, 2.24) is 5.32 Å². The predicted octanol–water partition coefficient (Wildman–Crippen LogP) is 2.09. The van der Waals surface area contributed by atoms with E-state index in [1.165, 1.54) is 4.31 Å². The molecule has 3 rings (SSSR count). The van der Waals surface area contributed by atoms with E-state index in [0.717, 1.165) is 17.7 Å². The molecule has 0 fully saturated rings.